The molecule has 0 aromatic heterocycles. The number of hydrogen-bond donors (Lipinski definition) is 0. The molecule has 0 radical (unpaired) electrons. The van der Waals surface area contributed by atoms with Crippen LogP contribution in [0.25, 0.3) is 0 Å². The molecule has 0 bridgehead atoms. The molecular weight excluding hydrogens is 277 g/mol. The van der Waals surface area contributed by atoms with Crippen LogP contribution < -0.4 is 4.31 Å². The van der Waals surface area contributed by atoms with E-state index in [4.69, 9.17) is 0 Å². The summed E-state index contributed by atoms with van der Waals surface area (Å²) < 4.78 is 39.7. The zero-order valence-electron chi connectivity index (χ0n) is 11.3. The van der Waals surface area contributed by atoms with Gasteiger partial charge in [0.15, 0.2) is 0 Å². The van der Waals surface area contributed by atoms with E-state index >= 15 is 0 Å². The van der Waals surface area contributed by atoms with Gasteiger partial charge in [-0.05, 0) is 50.2 Å². The SMILES string of the molecule is CC(C)N(c1ccccc1)S(=O)(=O)c1ccc(F)cc1. The zero-order valence-corrected chi connectivity index (χ0v) is 12.1. The quantitative estimate of drug-likeness (QED) is 0.866. The summed E-state index contributed by atoms with van der Waals surface area (Å²) >= 11 is 0. The Kier molecular flexibility index (Phi) is 4.09. The average molecular weight is 293 g/mol. The van der Waals surface area contributed by atoms with Crippen LogP contribution in [0.2, 0.25) is 0 Å². The van der Waals surface area contributed by atoms with Gasteiger partial charge < -0.3 is 0 Å². The summed E-state index contributed by atoms with van der Waals surface area (Å²) in [6, 6.07) is 13.5. The summed E-state index contributed by atoms with van der Waals surface area (Å²) in [5, 5.41) is 0. The lowest BCUT2D eigenvalue weighted by atomic mass is 10.3. The topological polar surface area (TPSA) is 37.4 Å². The molecule has 0 aliphatic heterocycles. The van der Waals surface area contributed by atoms with E-state index in [1.807, 2.05) is 6.07 Å². The van der Waals surface area contributed by atoms with Gasteiger partial charge in [0, 0.05) is 6.04 Å². The molecule has 2 aromatic rings. The van der Waals surface area contributed by atoms with Crippen LogP contribution in [-0.4, -0.2) is 14.5 Å². The monoisotopic (exact) mass is 293 g/mol. The Morgan fingerprint density at radius 2 is 1.50 bits per heavy atom. The first-order valence-corrected chi connectivity index (χ1v) is 7.72. The van der Waals surface area contributed by atoms with Crippen molar-refractivity contribution in [2.45, 2.75) is 24.8 Å². The summed E-state index contributed by atoms with van der Waals surface area (Å²) in [4.78, 5) is 0.0800. The highest BCUT2D eigenvalue weighted by atomic mass is 32.2. The predicted octanol–water partition coefficient (Wildman–Crippen LogP) is 3.43. The maximum atomic E-state index is 12.9. The normalized spacial score (nSPS) is 11.6. The fourth-order valence-electron chi connectivity index (χ4n) is 2.01. The standard InChI is InChI=1S/C15H16FNO2S/c1-12(2)17(14-6-4-3-5-7-14)20(18,19)15-10-8-13(16)9-11-15/h3-12H,1-2H3. The first-order valence-electron chi connectivity index (χ1n) is 6.28. The van der Waals surface area contributed by atoms with Crippen LogP contribution in [0, 0.1) is 5.82 Å². The van der Waals surface area contributed by atoms with Gasteiger partial charge in [-0.3, -0.25) is 4.31 Å². The first-order chi connectivity index (χ1) is 9.43. The van der Waals surface area contributed by atoms with Crippen molar-refractivity contribution in [2.24, 2.45) is 0 Å². The van der Waals surface area contributed by atoms with Crippen molar-refractivity contribution in [1.82, 2.24) is 0 Å². The number of sulfonamides is 1. The summed E-state index contributed by atoms with van der Waals surface area (Å²) in [5.41, 5.74) is 0.590. The van der Waals surface area contributed by atoms with E-state index in [1.54, 1.807) is 38.1 Å². The van der Waals surface area contributed by atoms with Gasteiger partial charge in [-0.15, -0.1) is 0 Å². The van der Waals surface area contributed by atoms with Crippen molar-refractivity contribution in [3.8, 4) is 0 Å². The third-order valence-electron chi connectivity index (χ3n) is 2.85. The van der Waals surface area contributed by atoms with Crippen molar-refractivity contribution in [3.05, 3.63) is 60.4 Å². The van der Waals surface area contributed by atoms with Gasteiger partial charge in [-0.25, -0.2) is 12.8 Å². The second kappa shape index (κ2) is 5.63. The number of para-hydroxylation sites is 1. The molecule has 20 heavy (non-hydrogen) atoms. The highest BCUT2D eigenvalue weighted by Crippen LogP contribution is 2.25. The van der Waals surface area contributed by atoms with Crippen LogP contribution in [0.15, 0.2) is 59.5 Å². The third-order valence-corrected chi connectivity index (χ3v) is 4.87. The second-order valence-electron chi connectivity index (χ2n) is 4.68. The molecule has 2 rings (SSSR count). The smallest absolute Gasteiger partial charge is 0.264 e. The van der Waals surface area contributed by atoms with Gasteiger partial charge in [0.1, 0.15) is 5.82 Å². The molecule has 0 fully saturated rings. The van der Waals surface area contributed by atoms with E-state index in [0.717, 1.165) is 12.1 Å². The van der Waals surface area contributed by atoms with Crippen molar-refractivity contribution >= 4 is 15.7 Å². The van der Waals surface area contributed by atoms with Crippen LogP contribution in [0.1, 0.15) is 13.8 Å². The Morgan fingerprint density at radius 1 is 0.950 bits per heavy atom. The van der Waals surface area contributed by atoms with Crippen molar-refractivity contribution in [1.29, 1.82) is 0 Å². The molecular formula is C15H16FNO2S. The summed E-state index contributed by atoms with van der Waals surface area (Å²) in [7, 11) is -3.70. The molecule has 0 heterocycles. The van der Waals surface area contributed by atoms with Gasteiger partial charge in [0.2, 0.25) is 0 Å². The molecule has 0 saturated heterocycles. The van der Waals surface area contributed by atoms with Crippen molar-refractivity contribution in [2.75, 3.05) is 4.31 Å². The maximum Gasteiger partial charge on any atom is 0.264 e. The predicted molar refractivity (Wildman–Crippen MR) is 77.6 cm³/mol. The molecule has 0 N–H and O–H groups in total. The van der Waals surface area contributed by atoms with E-state index in [1.165, 1.54) is 16.4 Å². The Balaban J connectivity index is 2.51. The molecule has 0 aliphatic carbocycles. The summed E-state index contributed by atoms with van der Waals surface area (Å²) in [5.74, 6) is -0.459. The lowest BCUT2D eigenvalue weighted by molar-refractivity contribution is 0.583. The first kappa shape index (κ1) is 14.5. The summed E-state index contributed by atoms with van der Waals surface area (Å²) in [6.45, 7) is 3.60. The van der Waals surface area contributed by atoms with Gasteiger partial charge in [0.25, 0.3) is 10.0 Å². The Hall–Kier alpha value is -1.88. The molecule has 0 amide bonds. The molecule has 0 atom stereocenters. The number of benzene rings is 2. The molecule has 5 heteroatoms. The van der Waals surface area contributed by atoms with Crippen LogP contribution in [0.3, 0.4) is 0 Å². The molecule has 3 nitrogen and oxygen atoms in total. The summed E-state index contributed by atoms with van der Waals surface area (Å²) in [6.07, 6.45) is 0. The Bertz CT molecular complexity index is 667. The number of rotatable bonds is 4. The fraction of sp³-hybridized carbons (Fsp3) is 0.200. The van der Waals surface area contributed by atoms with Gasteiger partial charge in [-0.1, -0.05) is 18.2 Å². The Morgan fingerprint density at radius 3 is 2.00 bits per heavy atom. The van der Waals surface area contributed by atoms with Crippen molar-refractivity contribution < 1.29 is 12.8 Å². The van der Waals surface area contributed by atoms with Crippen LogP contribution in [0.4, 0.5) is 10.1 Å². The van der Waals surface area contributed by atoms with E-state index in [2.05, 4.69) is 0 Å². The molecule has 0 unspecified atom stereocenters. The second-order valence-corrected chi connectivity index (χ2v) is 6.50. The zero-order chi connectivity index (χ0) is 14.8. The molecule has 0 spiro atoms. The minimum absolute atomic E-state index is 0.0800. The highest BCUT2D eigenvalue weighted by Gasteiger charge is 2.27. The lowest BCUT2D eigenvalue weighted by Crippen LogP contribution is -2.36. The van der Waals surface area contributed by atoms with E-state index in [0.29, 0.717) is 5.69 Å². The van der Waals surface area contributed by atoms with Gasteiger partial charge in [0.05, 0.1) is 10.6 Å². The van der Waals surface area contributed by atoms with E-state index < -0.39 is 15.8 Å². The average Bonchev–Trinajstić information content (AvgIpc) is 2.39. The van der Waals surface area contributed by atoms with Gasteiger partial charge in [-0.2, -0.15) is 0 Å². The number of anilines is 1. The van der Waals surface area contributed by atoms with Crippen LogP contribution in [0.5, 0.6) is 0 Å². The molecule has 2 aromatic carbocycles. The van der Waals surface area contributed by atoms with E-state index in [9.17, 15) is 12.8 Å². The molecule has 0 saturated carbocycles. The Labute approximate surface area is 118 Å². The maximum absolute atomic E-state index is 12.9. The van der Waals surface area contributed by atoms with Crippen molar-refractivity contribution in [3.63, 3.8) is 0 Å². The van der Waals surface area contributed by atoms with Crippen LogP contribution in [-0.2, 0) is 10.0 Å². The lowest BCUT2D eigenvalue weighted by Gasteiger charge is -2.28. The highest BCUT2D eigenvalue weighted by molar-refractivity contribution is 7.92. The van der Waals surface area contributed by atoms with Crippen LogP contribution >= 0.6 is 0 Å². The minimum Gasteiger partial charge on any atom is -0.264 e. The largest absolute Gasteiger partial charge is 0.264 e. The fourth-order valence-corrected chi connectivity index (χ4v) is 3.67. The molecule has 0 aliphatic rings. The number of hydrogen-bond acceptors (Lipinski definition) is 2. The molecule has 106 valence electrons. The van der Waals surface area contributed by atoms with E-state index in [-0.39, 0.29) is 10.9 Å². The van der Waals surface area contributed by atoms with Gasteiger partial charge >= 0.3 is 0 Å². The number of halogens is 1. The third kappa shape index (κ3) is 2.82. The number of nitrogens with zero attached hydrogens (tertiary/aromatic N) is 1. The minimum atomic E-state index is -3.70.